The largest absolute Gasteiger partial charge is 0.332 e. The lowest BCUT2D eigenvalue weighted by atomic mass is 10.1. The summed E-state index contributed by atoms with van der Waals surface area (Å²) in [6.45, 7) is 1.30. The Bertz CT molecular complexity index is 866. The van der Waals surface area contributed by atoms with Crippen LogP contribution in [-0.4, -0.2) is 35.2 Å². The lowest BCUT2D eigenvalue weighted by Gasteiger charge is -2.18. The van der Waals surface area contributed by atoms with Crippen molar-refractivity contribution in [3.05, 3.63) is 67.7 Å². The quantitative estimate of drug-likeness (QED) is 0.613. The molecule has 0 saturated carbocycles. The Morgan fingerprint density at radius 2 is 1.81 bits per heavy atom. The van der Waals surface area contributed by atoms with Gasteiger partial charge in [0.25, 0.3) is 11.6 Å². The predicted molar refractivity (Wildman–Crippen MR) is 99.9 cm³/mol. The zero-order valence-corrected chi connectivity index (χ0v) is 15.5. The minimum absolute atomic E-state index is 0.0738. The second kappa shape index (κ2) is 8.16. The van der Waals surface area contributed by atoms with E-state index in [2.05, 4.69) is 5.32 Å². The molecule has 136 valence electrons. The van der Waals surface area contributed by atoms with Crippen LogP contribution in [0.3, 0.4) is 0 Å². The summed E-state index contributed by atoms with van der Waals surface area (Å²) in [4.78, 5) is 36.1. The molecule has 2 aromatic carbocycles. The number of likely N-dealkylation sites (N-methyl/N-ethyl adjacent to an activating group) is 1. The van der Waals surface area contributed by atoms with Crippen molar-refractivity contribution in [1.29, 1.82) is 0 Å². The van der Waals surface area contributed by atoms with E-state index < -0.39 is 16.7 Å². The van der Waals surface area contributed by atoms with Crippen LogP contribution in [0, 0.1) is 17.0 Å². The minimum atomic E-state index is -0.520. The van der Waals surface area contributed by atoms with Gasteiger partial charge in [-0.1, -0.05) is 29.3 Å². The molecule has 2 rings (SSSR count). The highest BCUT2D eigenvalue weighted by Gasteiger charge is 2.19. The van der Waals surface area contributed by atoms with E-state index >= 15 is 0 Å². The molecule has 0 aliphatic rings. The maximum absolute atomic E-state index is 12.4. The molecule has 26 heavy (non-hydrogen) atoms. The maximum Gasteiger partial charge on any atom is 0.272 e. The van der Waals surface area contributed by atoms with Gasteiger partial charge in [0, 0.05) is 24.2 Å². The number of amides is 2. The monoisotopic (exact) mass is 395 g/mol. The summed E-state index contributed by atoms with van der Waals surface area (Å²) in [5, 5.41) is 14.0. The normalized spacial score (nSPS) is 10.3. The molecule has 9 heteroatoms. The molecule has 0 radical (unpaired) electrons. The number of nitro benzene ring substituents is 1. The van der Waals surface area contributed by atoms with Gasteiger partial charge < -0.3 is 10.2 Å². The third-order valence-corrected chi connectivity index (χ3v) is 4.23. The highest BCUT2D eigenvalue weighted by atomic mass is 35.5. The number of halogens is 2. The summed E-state index contributed by atoms with van der Waals surface area (Å²) in [7, 11) is 1.45. The van der Waals surface area contributed by atoms with Gasteiger partial charge in [-0.05, 0) is 31.2 Å². The average molecular weight is 396 g/mol. The number of hydrogen-bond donors (Lipinski definition) is 1. The van der Waals surface area contributed by atoms with Crippen molar-refractivity contribution in [3.8, 4) is 0 Å². The Balaban J connectivity index is 2.08. The molecule has 2 amide bonds. The molecule has 0 aliphatic heterocycles. The first kappa shape index (κ1) is 19.7. The maximum atomic E-state index is 12.4. The van der Waals surface area contributed by atoms with Crippen molar-refractivity contribution < 1.29 is 14.5 Å². The second-order valence-corrected chi connectivity index (χ2v) is 6.38. The van der Waals surface area contributed by atoms with E-state index in [0.29, 0.717) is 5.56 Å². The van der Waals surface area contributed by atoms with E-state index in [-0.39, 0.29) is 33.5 Å². The molecule has 0 aromatic heterocycles. The zero-order chi connectivity index (χ0) is 19.4. The number of carbonyl (C=O) groups is 2. The predicted octanol–water partition coefficient (Wildman–Crippen LogP) is 3.92. The van der Waals surface area contributed by atoms with E-state index in [1.54, 1.807) is 25.1 Å². The Morgan fingerprint density at radius 3 is 2.35 bits per heavy atom. The first-order valence-electron chi connectivity index (χ1n) is 7.45. The smallest absolute Gasteiger partial charge is 0.272 e. The van der Waals surface area contributed by atoms with Crippen LogP contribution < -0.4 is 5.32 Å². The standard InChI is InChI=1S/C17H15Cl2N3O4/c1-10-8-11(6-7-14(10)22(25)26)17(24)21(2)9-15(23)20-16-12(18)4-3-5-13(16)19/h3-8H,9H2,1-2H3,(H,20,23). The van der Waals surface area contributed by atoms with E-state index in [1.165, 1.54) is 30.1 Å². The van der Waals surface area contributed by atoms with Gasteiger partial charge in [0.2, 0.25) is 5.91 Å². The van der Waals surface area contributed by atoms with Crippen LogP contribution in [0.1, 0.15) is 15.9 Å². The molecule has 1 N–H and O–H groups in total. The molecular formula is C17H15Cl2N3O4. The van der Waals surface area contributed by atoms with Gasteiger partial charge >= 0.3 is 0 Å². The van der Waals surface area contributed by atoms with Crippen LogP contribution in [0.2, 0.25) is 10.0 Å². The van der Waals surface area contributed by atoms with E-state index in [0.717, 1.165) is 0 Å². The number of carbonyl (C=O) groups excluding carboxylic acids is 2. The van der Waals surface area contributed by atoms with Gasteiger partial charge in [-0.2, -0.15) is 0 Å². The van der Waals surface area contributed by atoms with Crippen molar-refractivity contribution in [2.24, 2.45) is 0 Å². The van der Waals surface area contributed by atoms with Crippen LogP contribution in [0.25, 0.3) is 0 Å². The molecule has 0 saturated heterocycles. The Morgan fingerprint density at radius 1 is 1.19 bits per heavy atom. The fraction of sp³-hybridized carbons (Fsp3) is 0.176. The number of para-hydroxylation sites is 1. The van der Waals surface area contributed by atoms with Gasteiger partial charge in [0.05, 0.1) is 27.2 Å². The molecule has 0 aliphatic carbocycles. The molecule has 0 heterocycles. The molecule has 0 atom stereocenters. The van der Waals surface area contributed by atoms with Crippen LogP contribution in [-0.2, 0) is 4.79 Å². The summed E-state index contributed by atoms with van der Waals surface area (Å²) < 4.78 is 0. The molecule has 0 spiro atoms. The van der Waals surface area contributed by atoms with Crippen molar-refractivity contribution in [3.63, 3.8) is 0 Å². The molecular weight excluding hydrogens is 381 g/mol. The number of anilines is 1. The summed E-state index contributed by atoms with van der Waals surface area (Å²) in [6, 6.07) is 8.84. The molecule has 0 fully saturated rings. The van der Waals surface area contributed by atoms with E-state index in [1.807, 2.05) is 0 Å². The topological polar surface area (TPSA) is 92.6 Å². The number of nitrogens with zero attached hydrogens (tertiary/aromatic N) is 2. The first-order chi connectivity index (χ1) is 12.2. The van der Waals surface area contributed by atoms with Crippen LogP contribution in [0.5, 0.6) is 0 Å². The molecule has 2 aromatic rings. The molecule has 7 nitrogen and oxygen atoms in total. The van der Waals surface area contributed by atoms with Crippen LogP contribution in [0.4, 0.5) is 11.4 Å². The van der Waals surface area contributed by atoms with Crippen molar-refractivity contribution in [2.75, 3.05) is 18.9 Å². The number of nitro groups is 1. The van der Waals surface area contributed by atoms with Crippen LogP contribution >= 0.6 is 23.2 Å². The van der Waals surface area contributed by atoms with Gasteiger partial charge in [0.1, 0.15) is 0 Å². The van der Waals surface area contributed by atoms with Gasteiger partial charge in [-0.15, -0.1) is 0 Å². The number of hydrogen-bond acceptors (Lipinski definition) is 4. The SMILES string of the molecule is Cc1cc(C(=O)N(C)CC(=O)Nc2c(Cl)cccc2Cl)ccc1[N+](=O)[O-]. The van der Waals surface area contributed by atoms with E-state index in [4.69, 9.17) is 23.2 Å². The highest BCUT2D eigenvalue weighted by Crippen LogP contribution is 2.29. The lowest BCUT2D eigenvalue weighted by molar-refractivity contribution is -0.385. The van der Waals surface area contributed by atoms with Crippen molar-refractivity contribution in [2.45, 2.75) is 6.92 Å². The zero-order valence-electron chi connectivity index (χ0n) is 14.0. The minimum Gasteiger partial charge on any atom is -0.332 e. The van der Waals surface area contributed by atoms with Gasteiger partial charge in [-0.25, -0.2) is 0 Å². The Labute approximate surface area is 159 Å². The van der Waals surface area contributed by atoms with Gasteiger partial charge in [-0.3, -0.25) is 19.7 Å². The van der Waals surface area contributed by atoms with Crippen molar-refractivity contribution >= 4 is 46.4 Å². The summed E-state index contributed by atoms with van der Waals surface area (Å²) in [5.74, 6) is -0.919. The van der Waals surface area contributed by atoms with Crippen LogP contribution in [0.15, 0.2) is 36.4 Å². The molecule has 0 unspecified atom stereocenters. The Kier molecular flexibility index (Phi) is 6.18. The average Bonchev–Trinajstić information content (AvgIpc) is 2.57. The fourth-order valence-electron chi connectivity index (χ4n) is 2.30. The number of aryl methyl sites for hydroxylation is 1. The van der Waals surface area contributed by atoms with Gasteiger partial charge in [0.15, 0.2) is 0 Å². The number of nitrogens with one attached hydrogen (secondary N) is 1. The van der Waals surface area contributed by atoms with Crippen molar-refractivity contribution in [1.82, 2.24) is 4.90 Å². The second-order valence-electron chi connectivity index (χ2n) is 5.56. The summed E-state index contributed by atoms with van der Waals surface area (Å²) in [5.41, 5.74) is 0.809. The summed E-state index contributed by atoms with van der Waals surface area (Å²) in [6.07, 6.45) is 0. The highest BCUT2D eigenvalue weighted by molar-refractivity contribution is 6.39. The molecule has 0 bridgehead atoms. The summed E-state index contributed by atoms with van der Waals surface area (Å²) >= 11 is 12.0. The third kappa shape index (κ3) is 4.50. The third-order valence-electron chi connectivity index (χ3n) is 3.60. The van der Waals surface area contributed by atoms with E-state index in [9.17, 15) is 19.7 Å². The number of rotatable bonds is 5. The lowest BCUT2D eigenvalue weighted by Crippen LogP contribution is -2.35. The fourth-order valence-corrected chi connectivity index (χ4v) is 2.79. The first-order valence-corrected chi connectivity index (χ1v) is 8.20. The Hall–Kier alpha value is -2.64. The number of benzene rings is 2.